The van der Waals surface area contributed by atoms with Gasteiger partial charge in [0, 0.05) is 62.9 Å². The number of hydrogen-bond donors (Lipinski definition) is 1. The number of aliphatic imine (C=N–C) groups is 1. The molecular formula is C20H25ClIN7O. The minimum atomic E-state index is 0. The van der Waals surface area contributed by atoms with E-state index in [4.69, 9.17) is 16.1 Å². The van der Waals surface area contributed by atoms with Gasteiger partial charge in [-0.15, -0.1) is 24.0 Å². The molecule has 0 aliphatic carbocycles. The van der Waals surface area contributed by atoms with Crippen LogP contribution >= 0.6 is 35.6 Å². The zero-order chi connectivity index (χ0) is 20.2. The van der Waals surface area contributed by atoms with Gasteiger partial charge in [-0.25, -0.2) is 0 Å². The molecule has 0 saturated carbocycles. The summed E-state index contributed by atoms with van der Waals surface area (Å²) in [7, 11) is 3.76. The Bertz CT molecular complexity index is 1000. The molecule has 8 nitrogen and oxygen atoms in total. The third kappa shape index (κ3) is 5.31. The highest BCUT2D eigenvalue weighted by molar-refractivity contribution is 14.0. The number of guanidine groups is 1. The number of benzene rings is 1. The van der Waals surface area contributed by atoms with Crippen molar-refractivity contribution in [1.82, 2.24) is 30.1 Å². The SMILES string of the molecule is CN=C(NCCc1nc(-c2cccc(Cl)c2)no1)N1CCC(c2cnn(C)c2)C1.I. The maximum Gasteiger partial charge on any atom is 0.228 e. The van der Waals surface area contributed by atoms with Gasteiger partial charge in [0.15, 0.2) is 5.96 Å². The summed E-state index contributed by atoms with van der Waals surface area (Å²) in [6.45, 7) is 2.57. The zero-order valence-corrected chi connectivity index (χ0v) is 20.0. The quantitative estimate of drug-likeness (QED) is 0.303. The predicted octanol–water partition coefficient (Wildman–Crippen LogP) is 3.35. The Balaban J connectivity index is 0.00000256. The van der Waals surface area contributed by atoms with Gasteiger partial charge in [0.2, 0.25) is 11.7 Å². The smallest absolute Gasteiger partial charge is 0.228 e. The van der Waals surface area contributed by atoms with Crippen LogP contribution in [0.2, 0.25) is 5.02 Å². The van der Waals surface area contributed by atoms with Crippen LogP contribution < -0.4 is 5.32 Å². The zero-order valence-electron chi connectivity index (χ0n) is 17.0. The molecule has 0 bridgehead atoms. The molecule has 0 radical (unpaired) electrons. The van der Waals surface area contributed by atoms with E-state index in [0.29, 0.717) is 35.6 Å². The molecule has 3 heterocycles. The van der Waals surface area contributed by atoms with Gasteiger partial charge in [-0.1, -0.05) is 28.9 Å². The average molecular weight is 542 g/mol. The van der Waals surface area contributed by atoms with Gasteiger partial charge in [-0.05, 0) is 24.1 Å². The Labute approximate surface area is 197 Å². The minimum absolute atomic E-state index is 0. The van der Waals surface area contributed by atoms with Crippen LogP contribution in [-0.4, -0.2) is 57.5 Å². The third-order valence-corrected chi connectivity index (χ3v) is 5.30. The second kappa shape index (κ2) is 10.3. The van der Waals surface area contributed by atoms with Crippen molar-refractivity contribution in [3.63, 3.8) is 0 Å². The first-order chi connectivity index (χ1) is 14.1. The first-order valence-electron chi connectivity index (χ1n) is 9.65. The van der Waals surface area contributed by atoms with Gasteiger partial charge in [-0.2, -0.15) is 10.1 Å². The molecule has 0 spiro atoms. The summed E-state index contributed by atoms with van der Waals surface area (Å²) >= 11 is 6.03. The van der Waals surface area contributed by atoms with E-state index >= 15 is 0 Å². The monoisotopic (exact) mass is 541 g/mol. The maximum atomic E-state index is 6.03. The summed E-state index contributed by atoms with van der Waals surface area (Å²) in [5.74, 6) is 2.51. The van der Waals surface area contributed by atoms with E-state index in [2.05, 4.69) is 36.6 Å². The van der Waals surface area contributed by atoms with Crippen molar-refractivity contribution in [3.8, 4) is 11.4 Å². The van der Waals surface area contributed by atoms with Crippen LogP contribution in [0.1, 0.15) is 23.8 Å². The van der Waals surface area contributed by atoms with Crippen molar-refractivity contribution < 1.29 is 4.52 Å². The summed E-state index contributed by atoms with van der Waals surface area (Å²) < 4.78 is 7.22. The molecule has 0 amide bonds. The summed E-state index contributed by atoms with van der Waals surface area (Å²) in [6.07, 6.45) is 5.76. The molecule has 10 heteroatoms. The van der Waals surface area contributed by atoms with E-state index < -0.39 is 0 Å². The molecule has 3 aromatic rings. The fraction of sp³-hybridized carbons (Fsp3) is 0.400. The van der Waals surface area contributed by atoms with E-state index in [1.807, 2.05) is 49.2 Å². The molecule has 1 saturated heterocycles. The Morgan fingerprint density at radius 2 is 2.27 bits per heavy atom. The molecule has 4 rings (SSSR count). The second-order valence-electron chi connectivity index (χ2n) is 7.13. The highest BCUT2D eigenvalue weighted by Crippen LogP contribution is 2.26. The number of aromatic nitrogens is 4. The number of likely N-dealkylation sites (tertiary alicyclic amines) is 1. The maximum absolute atomic E-state index is 6.03. The number of halogens is 2. The van der Waals surface area contributed by atoms with Gasteiger partial charge in [-0.3, -0.25) is 9.67 Å². The third-order valence-electron chi connectivity index (χ3n) is 5.07. The lowest BCUT2D eigenvalue weighted by Gasteiger charge is -2.21. The predicted molar refractivity (Wildman–Crippen MR) is 127 cm³/mol. The van der Waals surface area contributed by atoms with Crippen LogP contribution in [-0.2, 0) is 13.5 Å². The second-order valence-corrected chi connectivity index (χ2v) is 7.56. The largest absolute Gasteiger partial charge is 0.356 e. The van der Waals surface area contributed by atoms with Crippen molar-refractivity contribution in [1.29, 1.82) is 0 Å². The lowest BCUT2D eigenvalue weighted by atomic mass is 10.0. The van der Waals surface area contributed by atoms with E-state index in [1.54, 1.807) is 0 Å². The van der Waals surface area contributed by atoms with Crippen LogP contribution in [0, 0.1) is 0 Å². The Morgan fingerprint density at radius 3 is 3.00 bits per heavy atom. The standard InChI is InChI=1S/C20H24ClN7O.HI/c1-22-20(28-9-7-15(13-28)16-11-24-27(2)12-16)23-8-6-18-25-19(26-29-18)14-4-3-5-17(21)10-14;/h3-5,10-12,15H,6-9,13H2,1-2H3,(H,22,23);1H. The van der Waals surface area contributed by atoms with Gasteiger partial charge in [0.05, 0.1) is 6.20 Å². The van der Waals surface area contributed by atoms with Gasteiger partial charge in [0.1, 0.15) is 0 Å². The molecule has 30 heavy (non-hydrogen) atoms. The van der Waals surface area contributed by atoms with Crippen molar-refractivity contribution in [2.45, 2.75) is 18.8 Å². The van der Waals surface area contributed by atoms with Gasteiger partial charge < -0.3 is 14.7 Å². The fourth-order valence-corrected chi connectivity index (χ4v) is 3.78. The molecule has 1 N–H and O–H groups in total. The van der Waals surface area contributed by atoms with Crippen LogP contribution in [0.15, 0.2) is 46.2 Å². The number of rotatable bonds is 5. The Hall–Kier alpha value is -2.14. The number of nitrogens with one attached hydrogen (secondary N) is 1. The average Bonchev–Trinajstić information content (AvgIpc) is 3.46. The normalized spacial score (nSPS) is 16.6. The highest BCUT2D eigenvalue weighted by atomic mass is 127. The molecule has 1 fully saturated rings. The van der Waals surface area contributed by atoms with E-state index in [-0.39, 0.29) is 24.0 Å². The molecular weight excluding hydrogens is 517 g/mol. The molecule has 2 aromatic heterocycles. The topological polar surface area (TPSA) is 84.4 Å². The van der Waals surface area contributed by atoms with Gasteiger partial charge >= 0.3 is 0 Å². The van der Waals surface area contributed by atoms with Crippen LogP contribution in [0.25, 0.3) is 11.4 Å². The van der Waals surface area contributed by atoms with Crippen molar-refractivity contribution in [2.75, 3.05) is 26.7 Å². The molecule has 1 aliphatic heterocycles. The summed E-state index contributed by atoms with van der Waals surface area (Å²) in [5, 5.41) is 12.4. The minimum Gasteiger partial charge on any atom is -0.356 e. The summed E-state index contributed by atoms with van der Waals surface area (Å²) in [4.78, 5) is 11.2. The highest BCUT2D eigenvalue weighted by Gasteiger charge is 2.26. The Kier molecular flexibility index (Phi) is 7.70. The fourth-order valence-electron chi connectivity index (χ4n) is 3.59. The van der Waals surface area contributed by atoms with Crippen molar-refractivity contribution in [3.05, 3.63) is 53.1 Å². The van der Waals surface area contributed by atoms with E-state index in [1.165, 1.54) is 5.56 Å². The Morgan fingerprint density at radius 1 is 1.40 bits per heavy atom. The first-order valence-corrected chi connectivity index (χ1v) is 10.0. The van der Waals surface area contributed by atoms with Crippen molar-refractivity contribution in [2.24, 2.45) is 12.0 Å². The lowest BCUT2D eigenvalue weighted by Crippen LogP contribution is -2.40. The first kappa shape index (κ1) is 22.5. The van der Waals surface area contributed by atoms with Crippen LogP contribution in [0.5, 0.6) is 0 Å². The number of nitrogens with zero attached hydrogens (tertiary/aromatic N) is 6. The van der Waals surface area contributed by atoms with E-state index in [9.17, 15) is 0 Å². The number of hydrogen-bond acceptors (Lipinski definition) is 5. The molecule has 1 aromatic carbocycles. The van der Waals surface area contributed by atoms with E-state index in [0.717, 1.165) is 31.0 Å². The molecule has 1 atom stereocenters. The molecule has 1 unspecified atom stereocenters. The summed E-state index contributed by atoms with van der Waals surface area (Å²) in [5.41, 5.74) is 2.12. The summed E-state index contributed by atoms with van der Waals surface area (Å²) in [6, 6.07) is 7.42. The van der Waals surface area contributed by atoms with Crippen LogP contribution in [0.3, 0.4) is 0 Å². The number of aryl methyl sites for hydroxylation is 1. The van der Waals surface area contributed by atoms with Gasteiger partial charge in [0.25, 0.3) is 0 Å². The lowest BCUT2D eigenvalue weighted by molar-refractivity contribution is 0.377. The molecule has 160 valence electrons. The van der Waals surface area contributed by atoms with Crippen molar-refractivity contribution >= 4 is 41.5 Å². The molecule has 1 aliphatic rings. The van der Waals surface area contributed by atoms with Crippen LogP contribution in [0.4, 0.5) is 0 Å².